The van der Waals surface area contributed by atoms with E-state index in [-0.39, 0.29) is 36.5 Å². The summed E-state index contributed by atoms with van der Waals surface area (Å²) in [4.78, 5) is 36.6. The Balaban J connectivity index is 1.79. The molecule has 10 nitrogen and oxygen atoms in total. The van der Waals surface area contributed by atoms with Crippen molar-refractivity contribution in [3.05, 3.63) is 45.3 Å². The van der Waals surface area contributed by atoms with Crippen molar-refractivity contribution in [3.8, 4) is 5.75 Å². The Kier molecular flexibility index (Phi) is 5.04. The molecule has 10 heteroatoms. The number of nitrogens with one attached hydrogen (secondary N) is 1. The number of ether oxygens (including phenoxy) is 1. The van der Waals surface area contributed by atoms with E-state index in [0.717, 1.165) is 17.0 Å². The van der Waals surface area contributed by atoms with Gasteiger partial charge in [-0.25, -0.2) is 0 Å². The number of aromatic nitrogens is 2. The van der Waals surface area contributed by atoms with Crippen LogP contribution in [0.25, 0.3) is 0 Å². The van der Waals surface area contributed by atoms with Gasteiger partial charge in [0.05, 0.1) is 22.3 Å². The lowest BCUT2D eigenvalue weighted by Gasteiger charge is -2.29. The number of carbonyl (C=O) groups excluding carboxylic acids is 2. The van der Waals surface area contributed by atoms with Gasteiger partial charge in [-0.3, -0.25) is 29.3 Å². The van der Waals surface area contributed by atoms with Crippen molar-refractivity contribution >= 4 is 23.2 Å². The first-order valence-corrected chi connectivity index (χ1v) is 8.70. The number of hydrogen-bond donors (Lipinski definition) is 1. The minimum Gasteiger partial charge on any atom is -0.482 e. The van der Waals surface area contributed by atoms with Crippen molar-refractivity contribution < 1.29 is 19.2 Å². The minimum absolute atomic E-state index is 0.183. The maximum Gasteiger partial charge on any atom is 0.271 e. The van der Waals surface area contributed by atoms with Crippen LogP contribution in [0.4, 0.5) is 11.4 Å². The molecule has 2 amide bonds. The molecule has 148 valence electrons. The smallest absolute Gasteiger partial charge is 0.271 e. The van der Waals surface area contributed by atoms with E-state index < -0.39 is 10.8 Å². The van der Waals surface area contributed by atoms with Crippen LogP contribution in [0, 0.1) is 24.0 Å². The zero-order chi connectivity index (χ0) is 20.6. The highest BCUT2D eigenvalue weighted by atomic mass is 16.6. The van der Waals surface area contributed by atoms with Crippen molar-refractivity contribution in [2.75, 3.05) is 18.1 Å². The third-order valence-corrected chi connectivity index (χ3v) is 4.77. The molecule has 0 spiro atoms. The third kappa shape index (κ3) is 3.53. The van der Waals surface area contributed by atoms with E-state index >= 15 is 0 Å². The summed E-state index contributed by atoms with van der Waals surface area (Å²) in [6, 6.07) is 3.65. The van der Waals surface area contributed by atoms with E-state index in [4.69, 9.17) is 4.74 Å². The van der Waals surface area contributed by atoms with E-state index in [1.807, 2.05) is 27.8 Å². The Hall–Kier alpha value is -3.43. The standard InChI is InChI=1S/C18H21N5O5/c1-10(18-11(2)20-21(4)12(18)3)19-16(24)8-22-14-7-13(23(26)27)5-6-15(14)28-9-17(22)25/h5-7,10H,8-9H2,1-4H3,(H,19,24). The molecule has 0 saturated carbocycles. The molecule has 0 saturated heterocycles. The fourth-order valence-corrected chi connectivity index (χ4v) is 3.40. The van der Waals surface area contributed by atoms with Gasteiger partial charge in [0.15, 0.2) is 6.61 Å². The number of fused-ring (bicyclic) bond motifs is 1. The normalized spacial score (nSPS) is 14.3. The number of carbonyl (C=O) groups is 2. The Bertz CT molecular complexity index is 968. The van der Waals surface area contributed by atoms with Crippen LogP contribution in [0.3, 0.4) is 0 Å². The molecule has 1 atom stereocenters. The fourth-order valence-electron chi connectivity index (χ4n) is 3.40. The maximum absolute atomic E-state index is 12.6. The van der Waals surface area contributed by atoms with Crippen LogP contribution in [0.2, 0.25) is 0 Å². The summed E-state index contributed by atoms with van der Waals surface area (Å²) in [5.41, 5.74) is 2.70. The SMILES string of the molecule is Cc1nn(C)c(C)c1C(C)NC(=O)CN1C(=O)COc2ccc([N+](=O)[O-])cc21. The Morgan fingerprint density at radius 1 is 1.43 bits per heavy atom. The predicted molar refractivity (Wildman–Crippen MR) is 100 cm³/mol. The van der Waals surface area contributed by atoms with Gasteiger partial charge in [-0.2, -0.15) is 5.10 Å². The number of rotatable bonds is 5. The molecule has 2 heterocycles. The Morgan fingerprint density at radius 3 is 2.75 bits per heavy atom. The van der Waals surface area contributed by atoms with E-state index in [1.165, 1.54) is 23.1 Å². The largest absolute Gasteiger partial charge is 0.482 e. The highest BCUT2D eigenvalue weighted by Gasteiger charge is 2.30. The van der Waals surface area contributed by atoms with Crippen LogP contribution < -0.4 is 15.0 Å². The van der Waals surface area contributed by atoms with Crippen molar-refractivity contribution in [3.63, 3.8) is 0 Å². The monoisotopic (exact) mass is 387 g/mol. The van der Waals surface area contributed by atoms with E-state index in [2.05, 4.69) is 10.4 Å². The summed E-state index contributed by atoms with van der Waals surface area (Å²) in [6.07, 6.45) is 0. The highest BCUT2D eigenvalue weighted by Crippen LogP contribution is 2.35. The molecule has 3 rings (SSSR count). The first-order valence-electron chi connectivity index (χ1n) is 8.70. The number of aryl methyl sites for hydroxylation is 2. The number of hydrogen-bond acceptors (Lipinski definition) is 6. The van der Waals surface area contributed by atoms with Gasteiger partial charge >= 0.3 is 0 Å². The average Bonchev–Trinajstić information content (AvgIpc) is 2.88. The zero-order valence-corrected chi connectivity index (χ0v) is 16.1. The molecular formula is C18H21N5O5. The lowest BCUT2D eigenvalue weighted by Crippen LogP contribution is -2.45. The van der Waals surface area contributed by atoms with Crippen molar-refractivity contribution in [2.45, 2.75) is 26.8 Å². The second-order valence-electron chi connectivity index (χ2n) is 6.68. The minimum atomic E-state index is -0.562. The van der Waals surface area contributed by atoms with Crippen LogP contribution in [0.15, 0.2) is 18.2 Å². The van der Waals surface area contributed by atoms with Gasteiger partial charge in [-0.15, -0.1) is 0 Å². The Labute approximate surface area is 161 Å². The highest BCUT2D eigenvalue weighted by molar-refractivity contribution is 6.02. The molecule has 0 aliphatic carbocycles. The average molecular weight is 387 g/mol. The second-order valence-corrected chi connectivity index (χ2v) is 6.68. The van der Waals surface area contributed by atoms with Gasteiger partial charge in [0, 0.05) is 30.4 Å². The van der Waals surface area contributed by atoms with Crippen LogP contribution in [0.5, 0.6) is 5.75 Å². The number of benzene rings is 1. The quantitative estimate of drug-likeness (QED) is 0.614. The van der Waals surface area contributed by atoms with Crippen LogP contribution in [-0.2, 0) is 16.6 Å². The van der Waals surface area contributed by atoms with E-state index in [9.17, 15) is 19.7 Å². The second kappa shape index (κ2) is 7.29. The van der Waals surface area contributed by atoms with Crippen LogP contribution in [0.1, 0.15) is 29.9 Å². The maximum atomic E-state index is 12.6. The number of non-ortho nitro benzene ring substituents is 1. The summed E-state index contributed by atoms with van der Waals surface area (Å²) < 4.78 is 7.05. The summed E-state index contributed by atoms with van der Waals surface area (Å²) in [7, 11) is 1.83. The van der Waals surface area contributed by atoms with Crippen molar-refractivity contribution in [2.24, 2.45) is 7.05 Å². The lowest BCUT2D eigenvalue weighted by atomic mass is 10.1. The van der Waals surface area contributed by atoms with Gasteiger partial charge in [0.25, 0.3) is 11.6 Å². The first kappa shape index (κ1) is 19.3. The number of nitrogens with zero attached hydrogens (tertiary/aromatic N) is 4. The molecule has 2 aromatic rings. The third-order valence-electron chi connectivity index (χ3n) is 4.77. The molecule has 0 bridgehead atoms. The van der Waals surface area contributed by atoms with Gasteiger partial charge < -0.3 is 10.1 Å². The van der Waals surface area contributed by atoms with Crippen molar-refractivity contribution in [1.82, 2.24) is 15.1 Å². The number of nitro groups is 1. The van der Waals surface area contributed by atoms with Gasteiger partial charge in [-0.1, -0.05) is 0 Å². The zero-order valence-electron chi connectivity index (χ0n) is 16.1. The fraction of sp³-hybridized carbons (Fsp3) is 0.389. The van der Waals surface area contributed by atoms with Crippen molar-refractivity contribution in [1.29, 1.82) is 0 Å². The molecule has 1 N–H and O–H groups in total. The molecule has 28 heavy (non-hydrogen) atoms. The van der Waals surface area contributed by atoms with E-state index in [1.54, 1.807) is 4.68 Å². The molecular weight excluding hydrogens is 366 g/mol. The molecule has 1 aromatic carbocycles. The number of anilines is 1. The first-order chi connectivity index (χ1) is 13.2. The number of amides is 2. The molecule has 1 aliphatic heterocycles. The predicted octanol–water partition coefficient (Wildman–Crippen LogP) is 1.55. The number of nitro benzene ring substituents is 1. The molecule has 1 aliphatic rings. The Morgan fingerprint density at radius 2 is 2.14 bits per heavy atom. The summed E-state index contributed by atoms with van der Waals surface area (Å²) >= 11 is 0. The van der Waals surface area contributed by atoms with Gasteiger partial charge in [-0.05, 0) is 26.8 Å². The molecule has 0 fully saturated rings. The van der Waals surface area contributed by atoms with Crippen LogP contribution in [-0.4, -0.2) is 39.7 Å². The molecule has 0 radical (unpaired) electrons. The van der Waals surface area contributed by atoms with Gasteiger partial charge in [0.2, 0.25) is 5.91 Å². The van der Waals surface area contributed by atoms with Gasteiger partial charge in [0.1, 0.15) is 12.3 Å². The van der Waals surface area contributed by atoms with Crippen LogP contribution >= 0.6 is 0 Å². The summed E-state index contributed by atoms with van der Waals surface area (Å²) in [5.74, 6) is -0.502. The molecule has 1 unspecified atom stereocenters. The molecule has 1 aromatic heterocycles. The lowest BCUT2D eigenvalue weighted by molar-refractivity contribution is -0.384. The topological polar surface area (TPSA) is 120 Å². The summed E-state index contributed by atoms with van der Waals surface area (Å²) in [6.45, 7) is 5.13. The summed E-state index contributed by atoms with van der Waals surface area (Å²) in [5, 5.41) is 18.2. The van der Waals surface area contributed by atoms with E-state index in [0.29, 0.717) is 5.75 Å².